The number of hydrogen-bond acceptors (Lipinski definition) is 1. The van der Waals surface area contributed by atoms with Crippen molar-refractivity contribution in [3.63, 3.8) is 0 Å². The molecule has 56 heavy (non-hydrogen) atoms. The molecule has 0 heterocycles. The average Bonchev–Trinajstić information content (AvgIpc) is 3.61. The summed E-state index contributed by atoms with van der Waals surface area (Å²) in [5.74, 6) is 0.113. The molecule has 0 aromatic heterocycles. The highest BCUT2D eigenvalue weighted by Crippen LogP contribution is 2.58. The average molecular weight is 705 g/mol. The Morgan fingerprint density at radius 1 is 0.214 bits per heavy atom. The molecule has 0 atom stereocenters. The van der Waals surface area contributed by atoms with Gasteiger partial charge in [-0.05, 0) is 132 Å². The fourth-order valence-electron chi connectivity index (χ4n) is 11.1. The molecule has 0 aliphatic heterocycles. The molecule has 0 saturated heterocycles. The minimum absolute atomic E-state index is 0.113. The lowest BCUT2D eigenvalue weighted by Crippen LogP contribution is -2.10. The quantitative estimate of drug-likeness (QED) is 0.129. The molecule has 12 aromatic carbocycles. The van der Waals surface area contributed by atoms with E-state index in [0.717, 1.165) is 27.6 Å². The van der Waals surface area contributed by atoms with Crippen LogP contribution in [0, 0.1) is 0 Å². The maximum Gasteiger partial charge on any atom is 0.194 e. The number of ketones is 1. The molecule has 0 spiro atoms. The van der Waals surface area contributed by atoms with Crippen LogP contribution in [0.25, 0.3) is 131 Å². The normalized spacial score (nSPS) is 13.0. The van der Waals surface area contributed by atoms with E-state index in [1.165, 1.54) is 115 Å². The summed E-state index contributed by atoms with van der Waals surface area (Å²) in [6, 6.07) is 62.3. The topological polar surface area (TPSA) is 17.1 Å². The highest BCUT2D eigenvalue weighted by Gasteiger charge is 2.31. The molecule has 0 N–H and O–H groups in total. The first kappa shape index (κ1) is 29.1. The van der Waals surface area contributed by atoms with Gasteiger partial charge in [0.15, 0.2) is 5.78 Å². The van der Waals surface area contributed by atoms with Gasteiger partial charge in [-0.15, -0.1) is 0 Å². The third-order valence-electron chi connectivity index (χ3n) is 13.3. The molecule has 0 unspecified atom stereocenters. The first-order valence-electron chi connectivity index (χ1n) is 19.5. The molecule has 0 saturated carbocycles. The fourth-order valence-corrected chi connectivity index (χ4v) is 11.1. The minimum Gasteiger partial charge on any atom is -0.289 e. The zero-order valence-corrected chi connectivity index (χ0v) is 30.1. The number of hydrogen-bond donors (Lipinski definition) is 0. The maximum atomic E-state index is 13.9. The highest BCUT2D eigenvalue weighted by molar-refractivity contribution is 6.45. The summed E-state index contributed by atoms with van der Waals surface area (Å²) in [7, 11) is 0. The number of carbonyl (C=O) groups is 1. The molecule has 0 radical (unpaired) electrons. The predicted octanol–water partition coefficient (Wildman–Crippen LogP) is 14.8. The molecule has 14 rings (SSSR count). The van der Waals surface area contributed by atoms with E-state index in [1.807, 2.05) is 18.2 Å². The van der Waals surface area contributed by atoms with E-state index < -0.39 is 0 Å². The van der Waals surface area contributed by atoms with Crippen LogP contribution in [0.1, 0.15) is 15.9 Å². The molecule has 2 aliphatic carbocycles. The van der Waals surface area contributed by atoms with Crippen molar-refractivity contribution in [1.82, 2.24) is 0 Å². The van der Waals surface area contributed by atoms with Crippen molar-refractivity contribution in [2.45, 2.75) is 0 Å². The molecular weight excluding hydrogens is 677 g/mol. The third-order valence-corrected chi connectivity index (χ3v) is 13.3. The first-order valence-corrected chi connectivity index (χ1v) is 19.5. The van der Waals surface area contributed by atoms with E-state index in [1.54, 1.807) is 0 Å². The molecular formula is C55H28O. The summed E-state index contributed by atoms with van der Waals surface area (Å²) >= 11 is 0. The van der Waals surface area contributed by atoms with Crippen LogP contribution in [-0.4, -0.2) is 5.78 Å². The van der Waals surface area contributed by atoms with Gasteiger partial charge in [0.05, 0.1) is 0 Å². The van der Waals surface area contributed by atoms with Crippen LogP contribution in [-0.2, 0) is 0 Å². The minimum atomic E-state index is 0.113. The van der Waals surface area contributed by atoms with Gasteiger partial charge in [0.1, 0.15) is 0 Å². The summed E-state index contributed by atoms with van der Waals surface area (Å²) in [4.78, 5) is 13.9. The Hall–Kier alpha value is -7.35. The summed E-state index contributed by atoms with van der Waals surface area (Å²) in [6.07, 6.45) is 0. The molecule has 0 bridgehead atoms. The monoisotopic (exact) mass is 704 g/mol. The van der Waals surface area contributed by atoms with Gasteiger partial charge in [-0.2, -0.15) is 0 Å². The second kappa shape index (κ2) is 10.0. The Morgan fingerprint density at radius 2 is 0.536 bits per heavy atom. The Labute approximate surface area is 321 Å². The van der Waals surface area contributed by atoms with Gasteiger partial charge in [-0.3, -0.25) is 4.79 Å². The van der Waals surface area contributed by atoms with Gasteiger partial charge in [0, 0.05) is 16.5 Å². The van der Waals surface area contributed by atoms with Crippen LogP contribution in [0.15, 0.2) is 170 Å². The van der Waals surface area contributed by atoms with E-state index >= 15 is 0 Å². The van der Waals surface area contributed by atoms with Crippen molar-refractivity contribution in [3.05, 3.63) is 181 Å². The van der Waals surface area contributed by atoms with Crippen LogP contribution < -0.4 is 0 Å². The summed E-state index contributed by atoms with van der Waals surface area (Å²) in [6.45, 7) is 0. The van der Waals surface area contributed by atoms with Crippen molar-refractivity contribution in [3.8, 4) is 55.6 Å². The zero-order valence-electron chi connectivity index (χ0n) is 30.1. The Bertz CT molecular complexity index is 3570. The van der Waals surface area contributed by atoms with E-state index in [2.05, 4.69) is 152 Å². The van der Waals surface area contributed by atoms with Gasteiger partial charge < -0.3 is 0 Å². The van der Waals surface area contributed by atoms with Crippen LogP contribution in [0.5, 0.6) is 0 Å². The van der Waals surface area contributed by atoms with Crippen LogP contribution in [0.2, 0.25) is 0 Å². The zero-order chi connectivity index (χ0) is 36.4. The number of fused-ring (bicyclic) bond motifs is 9. The SMILES string of the molecule is O=C1c2ccccc2-c2ccc3c4ccc5c6ccc7c8c(ccc(c9ccc(c%10ccc1c2c%103)c4c95)c86)-c1c(-c2ccccc2)ccc(-c2ccccc2)c1-7. The van der Waals surface area contributed by atoms with E-state index in [0.29, 0.717) is 0 Å². The Morgan fingerprint density at radius 3 is 1.00 bits per heavy atom. The van der Waals surface area contributed by atoms with Crippen molar-refractivity contribution < 1.29 is 4.79 Å². The molecule has 12 aromatic rings. The van der Waals surface area contributed by atoms with E-state index in [-0.39, 0.29) is 5.78 Å². The van der Waals surface area contributed by atoms with E-state index in [9.17, 15) is 4.79 Å². The number of benzene rings is 12. The van der Waals surface area contributed by atoms with E-state index in [4.69, 9.17) is 0 Å². The largest absolute Gasteiger partial charge is 0.289 e. The highest BCUT2D eigenvalue weighted by atomic mass is 16.1. The lowest BCUT2D eigenvalue weighted by molar-refractivity contribution is 0.104. The molecule has 2 aliphatic rings. The second-order valence-corrected chi connectivity index (χ2v) is 15.7. The Balaban J connectivity index is 1.11. The van der Waals surface area contributed by atoms with Gasteiger partial charge in [0.25, 0.3) is 0 Å². The van der Waals surface area contributed by atoms with Gasteiger partial charge in [-0.1, -0.05) is 164 Å². The number of carbonyl (C=O) groups excluding carboxylic acids is 1. The Kier molecular flexibility index (Phi) is 5.21. The summed E-state index contributed by atoms with van der Waals surface area (Å²) < 4.78 is 0. The maximum absolute atomic E-state index is 13.9. The van der Waals surface area contributed by atoms with Crippen molar-refractivity contribution >= 4 is 81.2 Å². The molecule has 254 valence electrons. The summed E-state index contributed by atoms with van der Waals surface area (Å²) in [5.41, 5.74) is 14.0. The molecule has 0 fully saturated rings. The van der Waals surface area contributed by atoms with Gasteiger partial charge in [0.2, 0.25) is 0 Å². The lowest BCUT2D eigenvalue weighted by atomic mass is 9.78. The number of rotatable bonds is 2. The predicted molar refractivity (Wildman–Crippen MR) is 236 cm³/mol. The van der Waals surface area contributed by atoms with Crippen LogP contribution >= 0.6 is 0 Å². The molecule has 1 nitrogen and oxygen atoms in total. The second-order valence-electron chi connectivity index (χ2n) is 15.7. The first-order chi connectivity index (χ1) is 27.7. The lowest BCUT2D eigenvalue weighted by Gasteiger charge is -2.24. The van der Waals surface area contributed by atoms with Gasteiger partial charge >= 0.3 is 0 Å². The third kappa shape index (κ3) is 3.34. The molecule has 0 amide bonds. The fraction of sp³-hybridized carbons (Fsp3) is 0. The van der Waals surface area contributed by atoms with Crippen LogP contribution in [0.4, 0.5) is 0 Å². The van der Waals surface area contributed by atoms with Crippen molar-refractivity contribution in [1.29, 1.82) is 0 Å². The smallest absolute Gasteiger partial charge is 0.194 e. The van der Waals surface area contributed by atoms with Crippen molar-refractivity contribution in [2.75, 3.05) is 0 Å². The van der Waals surface area contributed by atoms with Crippen molar-refractivity contribution in [2.24, 2.45) is 0 Å². The molecule has 1 heteroatoms. The van der Waals surface area contributed by atoms with Crippen LogP contribution in [0.3, 0.4) is 0 Å². The summed E-state index contributed by atoms with van der Waals surface area (Å²) in [5, 5.41) is 17.7. The van der Waals surface area contributed by atoms with Gasteiger partial charge in [-0.25, -0.2) is 0 Å². The standard InChI is InChI=1S/C55H28O/c56-55-43-14-8-7-13-33(43)34-17-18-39-35-19-20-36-40-23-26-44-47-31(29-9-3-1-4-10-29)15-16-32(30-11-5-2-6-12-30)48(47)45-27-24-41(52(40)54(44)45)37-21-22-38(49(35)50(36)37)42-25-28-46(55)53(34)51(39)42/h1-28H.